The van der Waals surface area contributed by atoms with Crippen LogP contribution in [0.5, 0.6) is 5.75 Å². The van der Waals surface area contributed by atoms with E-state index < -0.39 is 0 Å². The summed E-state index contributed by atoms with van der Waals surface area (Å²) in [6.45, 7) is 6.46. The van der Waals surface area contributed by atoms with E-state index in [-0.39, 0.29) is 30.1 Å². The molecule has 29 heavy (non-hydrogen) atoms. The van der Waals surface area contributed by atoms with E-state index in [0.717, 1.165) is 63.0 Å². The third-order valence-electron chi connectivity index (χ3n) is 4.98. The second kappa shape index (κ2) is 13.9. The first-order valence-corrected chi connectivity index (χ1v) is 10.2. The molecule has 1 aliphatic heterocycles. The molecular formula is C21H38IN5O2. The fraction of sp³-hybridized carbons (Fsp3) is 0.667. The lowest BCUT2D eigenvalue weighted by Gasteiger charge is -2.23. The summed E-state index contributed by atoms with van der Waals surface area (Å²) in [4.78, 5) is 8.95. The molecule has 0 aromatic heterocycles. The van der Waals surface area contributed by atoms with Gasteiger partial charge in [-0.2, -0.15) is 0 Å². The fourth-order valence-electron chi connectivity index (χ4n) is 3.47. The van der Waals surface area contributed by atoms with Crippen molar-refractivity contribution >= 4 is 35.6 Å². The van der Waals surface area contributed by atoms with E-state index in [9.17, 15) is 0 Å². The molecule has 7 nitrogen and oxygen atoms in total. The molecule has 1 saturated heterocycles. The minimum absolute atomic E-state index is 0. The molecule has 8 heteroatoms. The average Bonchev–Trinajstić information content (AvgIpc) is 3.17. The lowest BCUT2D eigenvalue weighted by molar-refractivity contribution is 0.0548. The monoisotopic (exact) mass is 519 g/mol. The quantitative estimate of drug-likeness (QED) is 0.282. The molecule has 0 saturated carbocycles. The first-order chi connectivity index (χ1) is 13.6. The van der Waals surface area contributed by atoms with Crippen LogP contribution >= 0.6 is 24.0 Å². The highest BCUT2D eigenvalue weighted by atomic mass is 127. The van der Waals surface area contributed by atoms with Gasteiger partial charge in [0.15, 0.2) is 5.96 Å². The van der Waals surface area contributed by atoms with Gasteiger partial charge in [-0.05, 0) is 46.0 Å². The number of nitrogens with one attached hydrogen (secondary N) is 2. The number of hydrogen-bond acceptors (Lipinski definition) is 5. The van der Waals surface area contributed by atoms with E-state index in [4.69, 9.17) is 9.47 Å². The molecule has 0 spiro atoms. The number of rotatable bonds is 10. The summed E-state index contributed by atoms with van der Waals surface area (Å²) in [6, 6.07) is 8.54. The van der Waals surface area contributed by atoms with Gasteiger partial charge in [0.05, 0.1) is 18.9 Å². The molecule has 1 aliphatic rings. The third kappa shape index (κ3) is 8.55. The molecule has 1 aromatic rings. The number of methoxy groups -OCH3 is 1. The Morgan fingerprint density at radius 3 is 2.76 bits per heavy atom. The van der Waals surface area contributed by atoms with Gasteiger partial charge in [0.25, 0.3) is 0 Å². The average molecular weight is 519 g/mol. The lowest BCUT2D eigenvalue weighted by Crippen LogP contribution is -2.47. The smallest absolute Gasteiger partial charge is 0.191 e. The van der Waals surface area contributed by atoms with E-state index in [1.54, 1.807) is 7.11 Å². The van der Waals surface area contributed by atoms with E-state index >= 15 is 0 Å². The van der Waals surface area contributed by atoms with Crippen LogP contribution in [-0.4, -0.2) is 84.0 Å². The van der Waals surface area contributed by atoms with Gasteiger partial charge in [-0.15, -0.1) is 24.0 Å². The molecule has 2 rings (SSSR count). The first kappa shape index (κ1) is 25.8. The van der Waals surface area contributed by atoms with Crippen molar-refractivity contribution < 1.29 is 9.47 Å². The number of ether oxygens (including phenoxy) is 2. The maximum atomic E-state index is 5.86. The highest BCUT2D eigenvalue weighted by Gasteiger charge is 2.25. The SMILES string of the molecule is CCOC(CCN(C)C)CNC(=NC)NC1CCN(c2ccccc2OC)C1.I. The van der Waals surface area contributed by atoms with Gasteiger partial charge in [-0.25, -0.2) is 0 Å². The summed E-state index contributed by atoms with van der Waals surface area (Å²) in [5, 5.41) is 6.99. The molecule has 1 heterocycles. The Hall–Kier alpha value is -1.26. The zero-order valence-corrected chi connectivity index (χ0v) is 20.8. The third-order valence-corrected chi connectivity index (χ3v) is 4.98. The van der Waals surface area contributed by atoms with Gasteiger partial charge < -0.3 is 29.9 Å². The summed E-state index contributed by atoms with van der Waals surface area (Å²) in [5.41, 5.74) is 1.15. The largest absolute Gasteiger partial charge is 0.495 e. The number of para-hydroxylation sites is 2. The van der Waals surface area contributed by atoms with Crippen LogP contribution in [-0.2, 0) is 4.74 Å². The number of aliphatic imine (C=N–C) groups is 1. The number of hydrogen-bond donors (Lipinski definition) is 2. The number of anilines is 1. The molecule has 0 bridgehead atoms. The molecule has 1 aromatic carbocycles. The highest BCUT2D eigenvalue weighted by Crippen LogP contribution is 2.30. The van der Waals surface area contributed by atoms with E-state index in [2.05, 4.69) is 51.7 Å². The highest BCUT2D eigenvalue weighted by molar-refractivity contribution is 14.0. The number of halogens is 1. The van der Waals surface area contributed by atoms with Crippen molar-refractivity contribution in [3.8, 4) is 5.75 Å². The summed E-state index contributed by atoms with van der Waals surface area (Å²) >= 11 is 0. The van der Waals surface area contributed by atoms with Crippen molar-refractivity contribution in [2.45, 2.75) is 31.9 Å². The van der Waals surface area contributed by atoms with Crippen LogP contribution in [0.3, 0.4) is 0 Å². The molecule has 0 aliphatic carbocycles. The minimum atomic E-state index is 0. The van der Waals surface area contributed by atoms with Crippen LogP contribution in [0, 0.1) is 0 Å². The molecule has 1 fully saturated rings. The molecule has 2 atom stereocenters. The Balaban J connectivity index is 0.00000420. The van der Waals surface area contributed by atoms with Crippen LogP contribution in [0.1, 0.15) is 19.8 Å². The van der Waals surface area contributed by atoms with Gasteiger partial charge in [0.1, 0.15) is 5.75 Å². The number of guanidine groups is 1. The van der Waals surface area contributed by atoms with Crippen LogP contribution in [0.25, 0.3) is 0 Å². The summed E-state index contributed by atoms with van der Waals surface area (Å²) < 4.78 is 11.4. The molecule has 0 radical (unpaired) electrons. The van der Waals surface area contributed by atoms with Crippen LogP contribution in [0.15, 0.2) is 29.3 Å². The Morgan fingerprint density at radius 2 is 2.10 bits per heavy atom. The Morgan fingerprint density at radius 1 is 1.34 bits per heavy atom. The van der Waals surface area contributed by atoms with Crippen molar-refractivity contribution in [3.63, 3.8) is 0 Å². The predicted octanol–water partition coefficient (Wildman–Crippen LogP) is 2.41. The minimum Gasteiger partial charge on any atom is -0.495 e. The van der Waals surface area contributed by atoms with Gasteiger partial charge in [-0.3, -0.25) is 4.99 Å². The summed E-state index contributed by atoms with van der Waals surface area (Å²) in [5.74, 6) is 1.76. The van der Waals surface area contributed by atoms with Gasteiger partial charge in [0.2, 0.25) is 0 Å². The Bertz CT molecular complexity index is 614. The molecule has 2 N–H and O–H groups in total. The van der Waals surface area contributed by atoms with Crippen molar-refractivity contribution in [1.82, 2.24) is 15.5 Å². The van der Waals surface area contributed by atoms with Gasteiger partial charge >= 0.3 is 0 Å². The standard InChI is InChI=1S/C21H37N5O2.HI/c1-6-28-18(12-13-25(3)4)15-23-21(22-2)24-17-11-14-26(16-17)19-9-7-8-10-20(19)27-5;/h7-10,17-18H,6,11-16H2,1-5H3,(H2,22,23,24);1H. The fourth-order valence-corrected chi connectivity index (χ4v) is 3.47. The summed E-state index contributed by atoms with van der Waals surface area (Å²) in [6.07, 6.45) is 2.24. The second-order valence-electron chi connectivity index (χ2n) is 7.37. The van der Waals surface area contributed by atoms with Gasteiger partial charge in [-0.1, -0.05) is 12.1 Å². The van der Waals surface area contributed by atoms with Crippen LogP contribution in [0.2, 0.25) is 0 Å². The van der Waals surface area contributed by atoms with E-state index in [0.29, 0.717) is 6.04 Å². The van der Waals surface area contributed by atoms with Crippen LogP contribution in [0.4, 0.5) is 5.69 Å². The molecular weight excluding hydrogens is 481 g/mol. The topological polar surface area (TPSA) is 61.4 Å². The summed E-state index contributed by atoms with van der Waals surface area (Å²) in [7, 11) is 7.72. The number of benzene rings is 1. The maximum Gasteiger partial charge on any atom is 0.191 e. The van der Waals surface area contributed by atoms with Crippen molar-refractivity contribution in [2.24, 2.45) is 4.99 Å². The maximum absolute atomic E-state index is 5.86. The Kier molecular flexibility index (Phi) is 12.3. The lowest BCUT2D eigenvalue weighted by atomic mass is 10.2. The van der Waals surface area contributed by atoms with Crippen molar-refractivity contribution in [3.05, 3.63) is 24.3 Å². The number of nitrogens with zero attached hydrogens (tertiary/aromatic N) is 3. The molecule has 166 valence electrons. The zero-order chi connectivity index (χ0) is 20.4. The van der Waals surface area contributed by atoms with E-state index in [1.807, 2.05) is 26.1 Å². The van der Waals surface area contributed by atoms with Gasteiger partial charge in [0, 0.05) is 45.9 Å². The second-order valence-corrected chi connectivity index (χ2v) is 7.37. The predicted molar refractivity (Wildman–Crippen MR) is 132 cm³/mol. The van der Waals surface area contributed by atoms with Crippen molar-refractivity contribution in [2.75, 3.05) is 65.9 Å². The molecule has 0 amide bonds. The van der Waals surface area contributed by atoms with Crippen molar-refractivity contribution in [1.29, 1.82) is 0 Å². The van der Waals surface area contributed by atoms with Crippen LogP contribution < -0.4 is 20.3 Å². The first-order valence-electron chi connectivity index (χ1n) is 10.2. The molecule has 2 unspecified atom stereocenters. The normalized spacial score (nSPS) is 17.8. The Labute approximate surface area is 193 Å². The zero-order valence-electron chi connectivity index (χ0n) is 18.5. The van der Waals surface area contributed by atoms with E-state index in [1.165, 1.54) is 0 Å².